The third-order valence-corrected chi connectivity index (χ3v) is 5.15. The fraction of sp³-hybridized carbons (Fsp3) is 0.933. The third kappa shape index (κ3) is 3.29. The van der Waals surface area contributed by atoms with Crippen LogP contribution in [0, 0.1) is 5.92 Å². The molecule has 0 aromatic rings. The van der Waals surface area contributed by atoms with Gasteiger partial charge in [0.15, 0.2) is 0 Å². The molecule has 3 rings (SSSR count). The Morgan fingerprint density at radius 3 is 2.63 bits per heavy atom. The maximum absolute atomic E-state index is 12.2. The number of rotatable bonds is 3. The van der Waals surface area contributed by atoms with Crippen molar-refractivity contribution in [3.05, 3.63) is 0 Å². The molecular weight excluding hydrogens is 238 g/mol. The highest BCUT2D eigenvalue weighted by Gasteiger charge is 2.34. The molecule has 3 saturated heterocycles. The van der Waals surface area contributed by atoms with Gasteiger partial charge in [0.25, 0.3) is 0 Å². The topological polar surface area (TPSA) is 53.2 Å². The van der Waals surface area contributed by atoms with E-state index in [1.807, 2.05) is 0 Å². The average molecular weight is 265 g/mol. The smallest absolute Gasteiger partial charge is 0.220 e. The zero-order valence-electron chi connectivity index (χ0n) is 12.0. The molecule has 3 N–H and O–H groups in total. The van der Waals surface area contributed by atoms with Crippen molar-refractivity contribution in [2.45, 2.75) is 76.0 Å². The van der Waals surface area contributed by atoms with Crippen LogP contribution in [0.15, 0.2) is 0 Å². The summed E-state index contributed by atoms with van der Waals surface area (Å²) in [5, 5.41) is 10.3. The number of carbonyl (C=O) groups is 1. The molecule has 0 radical (unpaired) electrons. The SMILES string of the molecule is CC1NCCCC1NC(=O)CC1CC2CCC(C1)N2. The second kappa shape index (κ2) is 5.80. The van der Waals surface area contributed by atoms with Gasteiger partial charge in [0, 0.05) is 30.6 Å². The van der Waals surface area contributed by atoms with Crippen LogP contribution in [0.1, 0.15) is 51.9 Å². The van der Waals surface area contributed by atoms with Gasteiger partial charge in [0.05, 0.1) is 0 Å². The number of piperidine rings is 2. The minimum Gasteiger partial charge on any atom is -0.352 e. The first-order chi connectivity index (χ1) is 9.20. The van der Waals surface area contributed by atoms with Crippen molar-refractivity contribution < 1.29 is 4.79 Å². The standard InChI is InChI=1S/C15H27N3O/c1-10-14(3-2-6-16-10)18-15(19)9-11-7-12-4-5-13(8-11)17-12/h10-14,16-17H,2-9H2,1H3,(H,18,19). The van der Waals surface area contributed by atoms with Crippen molar-refractivity contribution >= 4 is 5.91 Å². The van der Waals surface area contributed by atoms with Crippen LogP contribution in [-0.2, 0) is 4.79 Å². The summed E-state index contributed by atoms with van der Waals surface area (Å²) >= 11 is 0. The highest BCUT2D eigenvalue weighted by molar-refractivity contribution is 5.76. The molecule has 19 heavy (non-hydrogen) atoms. The first-order valence-electron chi connectivity index (χ1n) is 7.99. The molecule has 0 aromatic carbocycles. The molecule has 4 atom stereocenters. The maximum Gasteiger partial charge on any atom is 0.220 e. The Morgan fingerprint density at radius 1 is 1.21 bits per heavy atom. The average Bonchev–Trinajstić information content (AvgIpc) is 2.72. The highest BCUT2D eigenvalue weighted by atomic mass is 16.1. The van der Waals surface area contributed by atoms with Gasteiger partial charge in [-0.25, -0.2) is 0 Å². The van der Waals surface area contributed by atoms with Crippen LogP contribution in [0.4, 0.5) is 0 Å². The monoisotopic (exact) mass is 265 g/mol. The second-order valence-corrected chi connectivity index (χ2v) is 6.74. The molecule has 108 valence electrons. The molecule has 4 nitrogen and oxygen atoms in total. The third-order valence-electron chi connectivity index (χ3n) is 5.15. The van der Waals surface area contributed by atoms with Gasteiger partial charge in [0.2, 0.25) is 5.91 Å². The lowest BCUT2D eigenvalue weighted by molar-refractivity contribution is -0.123. The number of nitrogens with one attached hydrogen (secondary N) is 3. The number of amides is 1. The van der Waals surface area contributed by atoms with Gasteiger partial charge in [-0.2, -0.15) is 0 Å². The lowest BCUT2D eigenvalue weighted by Crippen LogP contribution is -2.52. The quantitative estimate of drug-likeness (QED) is 0.718. The fourth-order valence-electron chi connectivity index (χ4n) is 4.11. The van der Waals surface area contributed by atoms with E-state index in [0.29, 0.717) is 30.1 Å². The van der Waals surface area contributed by atoms with Crippen molar-refractivity contribution in [2.75, 3.05) is 6.54 Å². The Bertz CT molecular complexity index is 321. The van der Waals surface area contributed by atoms with E-state index in [4.69, 9.17) is 0 Å². The lowest BCUT2D eigenvalue weighted by atomic mass is 9.89. The van der Waals surface area contributed by atoms with E-state index in [2.05, 4.69) is 22.9 Å². The van der Waals surface area contributed by atoms with Crippen molar-refractivity contribution in [3.63, 3.8) is 0 Å². The predicted molar refractivity (Wildman–Crippen MR) is 75.9 cm³/mol. The van der Waals surface area contributed by atoms with Gasteiger partial charge in [-0.05, 0) is 57.9 Å². The highest BCUT2D eigenvalue weighted by Crippen LogP contribution is 2.32. The van der Waals surface area contributed by atoms with Gasteiger partial charge in [-0.1, -0.05) is 0 Å². The fourth-order valence-corrected chi connectivity index (χ4v) is 4.11. The van der Waals surface area contributed by atoms with E-state index in [1.165, 1.54) is 32.1 Å². The second-order valence-electron chi connectivity index (χ2n) is 6.74. The van der Waals surface area contributed by atoms with Crippen molar-refractivity contribution in [1.82, 2.24) is 16.0 Å². The zero-order chi connectivity index (χ0) is 13.2. The molecule has 2 bridgehead atoms. The molecule has 0 aliphatic carbocycles. The molecule has 0 aromatic heterocycles. The summed E-state index contributed by atoms with van der Waals surface area (Å²) in [5.41, 5.74) is 0. The van der Waals surface area contributed by atoms with Gasteiger partial charge in [-0.15, -0.1) is 0 Å². The van der Waals surface area contributed by atoms with Crippen LogP contribution in [0.2, 0.25) is 0 Å². The Balaban J connectivity index is 1.46. The van der Waals surface area contributed by atoms with Gasteiger partial charge < -0.3 is 16.0 Å². The maximum atomic E-state index is 12.2. The van der Waals surface area contributed by atoms with Gasteiger partial charge in [-0.3, -0.25) is 4.79 Å². The minimum absolute atomic E-state index is 0.270. The van der Waals surface area contributed by atoms with E-state index in [9.17, 15) is 4.79 Å². The van der Waals surface area contributed by atoms with E-state index in [1.54, 1.807) is 0 Å². The Morgan fingerprint density at radius 2 is 1.95 bits per heavy atom. The first-order valence-corrected chi connectivity index (χ1v) is 7.99. The molecule has 0 spiro atoms. The number of hydrogen-bond donors (Lipinski definition) is 3. The molecule has 1 amide bonds. The minimum atomic E-state index is 0.270. The summed E-state index contributed by atoms with van der Waals surface area (Å²) in [6.07, 6.45) is 8.05. The van der Waals surface area contributed by atoms with Crippen LogP contribution in [0.3, 0.4) is 0 Å². The number of carbonyl (C=O) groups excluding carboxylic acids is 1. The Labute approximate surface area is 116 Å². The molecule has 0 saturated carbocycles. The molecule has 4 heteroatoms. The van der Waals surface area contributed by atoms with Crippen LogP contribution in [0.25, 0.3) is 0 Å². The summed E-state index contributed by atoms with van der Waals surface area (Å²) in [4.78, 5) is 12.2. The first kappa shape index (κ1) is 13.4. The summed E-state index contributed by atoms with van der Waals surface area (Å²) in [5.74, 6) is 0.873. The molecule has 3 aliphatic heterocycles. The van der Waals surface area contributed by atoms with Crippen molar-refractivity contribution in [2.24, 2.45) is 5.92 Å². The van der Waals surface area contributed by atoms with E-state index < -0.39 is 0 Å². The van der Waals surface area contributed by atoms with Gasteiger partial charge in [0.1, 0.15) is 0 Å². The summed E-state index contributed by atoms with van der Waals surface area (Å²) in [6, 6.07) is 2.13. The molecule has 3 fully saturated rings. The lowest BCUT2D eigenvalue weighted by Gasteiger charge is -2.32. The molecular formula is C15H27N3O. The Hall–Kier alpha value is -0.610. The van der Waals surface area contributed by atoms with Crippen LogP contribution in [-0.4, -0.2) is 36.6 Å². The van der Waals surface area contributed by atoms with Crippen LogP contribution < -0.4 is 16.0 Å². The van der Waals surface area contributed by atoms with Crippen molar-refractivity contribution in [3.8, 4) is 0 Å². The van der Waals surface area contributed by atoms with E-state index in [0.717, 1.165) is 19.4 Å². The van der Waals surface area contributed by atoms with Crippen LogP contribution in [0.5, 0.6) is 0 Å². The molecule has 3 aliphatic rings. The molecule has 4 unspecified atom stereocenters. The van der Waals surface area contributed by atoms with E-state index in [-0.39, 0.29) is 5.91 Å². The zero-order valence-corrected chi connectivity index (χ0v) is 12.0. The summed E-state index contributed by atoms with van der Waals surface area (Å²) < 4.78 is 0. The summed E-state index contributed by atoms with van der Waals surface area (Å²) in [7, 11) is 0. The molecule has 3 heterocycles. The van der Waals surface area contributed by atoms with Crippen molar-refractivity contribution in [1.29, 1.82) is 0 Å². The predicted octanol–water partition coefficient (Wildman–Crippen LogP) is 1.16. The Kier molecular flexibility index (Phi) is 4.08. The number of hydrogen-bond acceptors (Lipinski definition) is 3. The largest absolute Gasteiger partial charge is 0.352 e. The summed E-state index contributed by atoms with van der Waals surface area (Å²) in [6.45, 7) is 3.26. The normalized spacial score (nSPS) is 42.1. The number of fused-ring (bicyclic) bond motifs is 2. The van der Waals surface area contributed by atoms with Crippen LogP contribution >= 0.6 is 0 Å². The van der Waals surface area contributed by atoms with E-state index >= 15 is 0 Å². The van der Waals surface area contributed by atoms with Gasteiger partial charge >= 0.3 is 0 Å².